The lowest BCUT2D eigenvalue weighted by molar-refractivity contribution is 0.0706. The van der Waals surface area contributed by atoms with Gasteiger partial charge >= 0.3 is 0 Å². The number of thiophene rings is 1. The molecule has 27 heavy (non-hydrogen) atoms. The van der Waals surface area contributed by atoms with Crippen LogP contribution in [-0.2, 0) is 0 Å². The van der Waals surface area contributed by atoms with Gasteiger partial charge in [0.2, 0.25) is 5.95 Å². The van der Waals surface area contributed by atoms with Crippen molar-refractivity contribution in [1.82, 2.24) is 14.9 Å². The minimum Gasteiger partial charge on any atom is -0.338 e. The molecule has 0 bridgehead atoms. The summed E-state index contributed by atoms with van der Waals surface area (Å²) >= 11 is 1.53. The number of hydrogen-bond acceptors (Lipinski definition) is 5. The Morgan fingerprint density at radius 3 is 3.04 bits per heavy atom. The van der Waals surface area contributed by atoms with Crippen molar-refractivity contribution in [3.05, 3.63) is 70.4 Å². The van der Waals surface area contributed by atoms with Crippen LogP contribution in [0.15, 0.2) is 53.4 Å². The Bertz CT molecular complexity index is 931. The second kappa shape index (κ2) is 7.84. The van der Waals surface area contributed by atoms with E-state index in [1.165, 1.54) is 23.5 Å². The lowest BCUT2D eigenvalue weighted by Gasteiger charge is -2.32. The van der Waals surface area contributed by atoms with Crippen LogP contribution in [0.1, 0.15) is 34.8 Å². The maximum atomic E-state index is 13.4. The first-order valence-electron chi connectivity index (χ1n) is 8.86. The van der Waals surface area contributed by atoms with E-state index in [-0.39, 0.29) is 17.6 Å². The topological polar surface area (TPSA) is 58.1 Å². The maximum absolute atomic E-state index is 13.4. The Kier molecular flexibility index (Phi) is 5.11. The number of likely N-dealkylation sites (tertiary alicyclic amines) is 1. The number of rotatable bonds is 4. The molecule has 3 aromatic rings. The average Bonchev–Trinajstić information content (AvgIpc) is 3.23. The Balaban J connectivity index is 1.48. The largest absolute Gasteiger partial charge is 0.338 e. The van der Waals surface area contributed by atoms with Crippen LogP contribution in [0.25, 0.3) is 0 Å². The number of nitrogens with one attached hydrogen (secondary N) is 1. The summed E-state index contributed by atoms with van der Waals surface area (Å²) in [5, 5.41) is 6.85. The second-order valence-electron chi connectivity index (χ2n) is 6.54. The predicted molar refractivity (Wildman–Crippen MR) is 104 cm³/mol. The van der Waals surface area contributed by atoms with E-state index in [9.17, 15) is 9.18 Å². The monoisotopic (exact) mass is 382 g/mol. The highest BCUT2D eigenvalue weighted by molar-refractivity contribution is 7.08. The molecule has 1 N–H and O–H groups in total. The molecule has 1 fully saturated rings. The summed E-state index contributed by atoms with van der Waals surface area (Å²) in [6.45, 7) is 1.41. The van der Waals surface area contributed by atoms with Gasteiger partial charge in [-0.2, -0.15) is 11.3 Å². The molecule has 1 aliphatic rings. The molecule has 1 amide bonds. The van der Waals surface area contributed by atoms with Crippen molar-refractivity contribution in [1.29, 1.82) is 0 Å². The van der Waals surface area contributed by atoms with Gasteiger partial charge in [-0.3, -0.25) is 4.79 Å². The molecule has 1 aliphatic heterocycles. The molecule has 0 spiro atoms. The number of halogens is 1. The first-order valence-corrected chi connectivity index (χ1v) is 9.80. The van der Waals surface area contributed by atoms with Gasteiger partial charge in [0.1, 0.15) is 5.82 Å². The third-order valence-corrected chi connectivity index (χ3v) is 5.34. The zero-order valence-corrected chi connectivity index (χ0v) is 15.5. The predicted octanol–water partition coefficient (Wildman–Crippen LogP) is 4.44. The van der Waals surface area contributed by atoms with Crippen LogP contribution in [0.5, 0.6) is 0 Å². The maximum Gasteiger partial charge on any atom is 0.254 e. The van der Waals surface area contributed by atoms with E-state index in [0.717, 1.165) is 30.6 Å². The SMILES string of the molecule is O=C(c1ccsc1)N1CCC[C@H](c2ccnc(Nc3cccc(F)c3)n2)C1. The highest BCUT2D eigenvalue weighted by Gasteiger charge is 2.26. The van der Waals surface area contributed by atoms with Crippen LogP contribution < -0.4 is 5.32 Å². The Hall–Kier alpha value is -2.80. The van der Waals surface area contributed by atoms with Gasteiger partial charge in [-0.05, 0) is 48.6 Å². The van der Waals surface area contributed by atoms with Crippen molar-refractivity contribution >= 4 is 28.9 Å². The van der Waals surface area contributed by atoms with Crippen molar-refractivity contribution in [2.45, 2.75) is 18.8 Å². The zero-order valence-electron chi connectivity index (χ0n) is 14.6. The molecule has 7 heteroatoms. The Labute approximate surface area is 160 Å². The molecule has 4 rings (SSSR count). The second-order valence-corrected chi connectivity index (χ2v) is 7.32. The fraction of sp³-hybridized carbons (Fsp3) is 0.250. The van der Waals surface area contributed by atoms with Gasteiger partial charge in [-0.25, -0.2) is 14.4 Å². The summed E-state index contributed by atoms with van der Waals surface area (Å²) in [5.41, 5.74) is 2.24. The van der Waals surface area contributed by atoms with Crippen LogP contribution in [0.2, 0.25) is 0 Å². The van der Waals surface area contributed by atoms with Crippen molar-refractivity contribution in [3.63, 3.8) is 0 Å². The number of carbonyl (C=O) groups excluding carboxylic acids is 1. The van der Waals surface area contributed by atoms with E-state index in [1.54, 1.807) is 18.3 Å². The molecule has 1 saturated heterocycles. The van der Waals surface area contributed by atoms with Crippen LogP contribution in [0.3, 0.4) is 0 Å². The summed E-state index contributed by atoms with van der Waals surface area (Å²) in [6, 6.07) is 9.95. The third-order valence-electron chi connectivity index (χ3n) is 4.65. The smallest absolute Gasteiger partial charge is 0.254 e. The lowest BCUT2D eigenvalue weighted by atomic mass is 9.94. The van der Waals surface area contributed by atoms with Crippen molar-refractivity contribution in [2.24, 2.45) is 0 Å². The molecule has 0 radical (unpaired) electrons. The molecular weight excluding hydrogens is 363 g/mol. The van der Waals surface area contributed by atoms with Gasteiger partial charge in [-0.1, -0.05) is 6.07 Å². The Morgan fingerprint density at radius 1 is 1.30 bits per heavy atom. The standard InChI is InChI=1S/C20H19FN4OS/c21-16-4-1-5-17(11-16)23-20-22-8-6-18(24-20)14-3-2-9-25(12-14)19(26)15-7-10-27-13-15/h1,4-8,10-11,13-14H,2-3,9,12H2,(H,22,23,24)/t14-/m0/s1. The highest BCUT2D eigenvalue weighted by atomic mass is 32.1. The van der Waals surface area contributed by atoms with E-state index in [0.29, 0.717) is 18.2 Å². The molecule has 1 atom stereocenters. The van der Waals surface area contributed by atoms with Crippen molar-refractivity contribution in [3.8, 4) is 0 Å². The van der Waals surface area contributed by atoms with Gasteiger partial charge in [0.15, 0.2) is 0 Å². The minimum atomic E-state index is -0.314. The lowest BCUT2D eigenvalue weighted by Crippen LogP contribution is -2.39. The molecule has 1 aromatic carbocycles. The van der Waals surface area contributed by atoms with Gasteiger partial charge in [0, 0.05) is 36.3 Å². The van der Waals surface area contributed by atoms with Crippen LogP contribution in [0, 0.1) is 5.82 Å². The number of aromatic nitrogens is 2. The number of hydrogen-bond donors (Lipinski definition) is 1. The van der Waals surface area contributed by atoms with Crippen molar-refractivity contribution < 1.29 is 9.18 Å². The summed E-state index contributed by atoms with van der Waals surface area (Å²) < 4.78 is 13.4. The molecule has 0 unspecified atom stereocenters. The van der Waals surface area contributed by atoms with Crippen LogP contribution in [-0.4, -0.2) is 33.9 Å². The molecular formula is C20H19FN4OS. The molecule has 2 aromatic heterocycles. The van der Waals surface area contributed by atoms with Crippen LogP contribution in [0.4, 0.5) is 16.0 Å². The molecule has 138 valence electrons. The molecule has 3 heterocycles. The summed E-state index contributed by atoms with van der Waals surface area (Å²) in [6.07, 6.45) is 3.62. The van der Waals surface area contributed by atoms with E-state index in [1.807, 2.05) is 27.8 Å². The summed E-state index contributed by atoms with van der Waals surface area (Å²) in [7, 11) is 0. The fourth-order valence-electron chi connectivity index (χ4n) is 3.33. The van der Waals surface area contributed by atoms with E-state index in [4.69, 9.17) is 0 Å². The first kappa shape index (κ1) is 17.6. The van der Waals surface area contributed by atoms with Gasteiger partial charge < -0.3 is 10.2 Å². The number of amides is 1. The number of carbonyl (C=O) groups is 1. The van der Waals surface area contributed by atoms with E-state index < -0.39 is 0 Å². The van der Waals surface area contributed by atoms with Crippen LogP contribution >= 0.6 is 11.3 Å². The number of nitrogens with zero attached hydrogens (tertiary/aromatic N) is 3. The Morgan fingerprint density at radius 2 is 2.22 bits per heavy atom. The quantitative estimate of drug-likeness (QED) is 0.725. The molecule has 0 saturated carbocycles. The van der Waals surface area contributed by atoms with Crippen molar-refractivity contribution in [2.75, 3.05) is 18.4 Å². The van der Waals surface area contributed by atoms with Gasteiger partial charge in [0.25, 0.3) is 5.91 Å². The van der Waals surface area contributed by atoms with Gasteiger partial charge in [-0.15, -0.1) is 0 Å². The number of piperidine rings is 1. The first-order chi connectivity index (χ1) is 13.2. The average molecular weight is 382 g/mol. The minimum absolute atomic E-state index is 0.0770. The zero-order chi connectivity index (χ0) is 18.6. The number of anilines is 2. The molecule has 0 aliphatic carbocycles. The summed E-state index contributed by atoms with van der Waals surface area (Å²) in [5.74, 6) is 0.357. The summed E-state index contributed by atoms with van der Waals surface area (Å²) in [4.78, 5) is 23.4. The highest BCUT2D eigenvalue weighted by Crippen LogP contribution is 2.27. The van der Waals surface area contributed by atoms with Gasteiger partial charge in [0.05, 0.1) is 11.3 Å². The van der Waals surface area contributed by atoms with E-state index in [2.05, 4.69) is 15.3 Å². The number of benzene rings is 1. The normalized spacial score (nSPS) is 16.9. The fourth-order valence-corrected chi connectivity index (χ4v) is 3.96. The molecule has 5 nitrogen and oxygen atoms in total. The van der Waals surface area contributed by atoms with E-state index >= 15 is 0 Å². The third kappa shape index (κ3) is 4.14.